The molecular formula is C51H98O5. The van der Waals surface area contributed by atoms with Crippen molar-refractivity contribution in [3.63, 3.8) is 0 Å². The van der Waals surface area contributed by atoms with E-state index in [2.05, 4.69) is 32.9 Å². The average Bonchev–Trinajstić information content (AvgIpc) is 3.20. The Balaban J connectivity index is 4.03. The van der Waals surface area contributed by atoms with Gasteiger partial charge in [-0.15, -0.1) is 0 Å². The molecule has 0 N–H and O–H groups in total. The molecule has 0 aromatic carbocycles. The first-order chi connectivity index (χ1) is 27.6. The fourth-order valence-electron chi connectivity index (χ4n) is 7.51. The minimum Gasteiger partial charge on any atom is -0.462 e. The van der Waals surface area contributed by atoms with E-state index in [0.29, 0.717) is 26.1 Å². The molecule has 0 heterocycles. The summed E-state index contributed by atoms with van der Waals surface area (Å²) in [6.45, 7) is 7.84. The summed E-state index contributed by atoms with van der Waals surface area (Å²) in [6, 6.07) is 0. The molecule has 0 saturated heterocycles. The second-order valence-electron chi connectivity index (χ2n) is 17.1. The molecule has 5 nitrogen and oxygen atoms in total. The van der Waals surface area contributed by atoms with E-state index in [1.807, 2.05) is 0 Å². The molecule has 1 unspecified atom stereocenters. The Kier molecular flexibility index (Phi) is 46.8. The third-order valence-corrected chi connectivity index (χ3v) is 11.3. The van der Waals surface area contributed by atoms with Gasteiger partial charge in [0.15, 0.2) is 6.10 Å². The SMILES string of the molecule is CCCCCCCC/C=C\CCCCCCCCCC(=O)OCC(COCCCCCCCC)OC(=O)CCCCCCCCCCCCCCCCCCC. The van der Waals surface area contributed by atoms with Crippen molar-refractivity contribution in [2.24, 2.45) is 0 Å². The first kappa shape index (κ1) is 54.6. The second-order valence-corrected chi connectivity index (χ2v) is 17.1. The standard InChI is InChI=1S/C51H98O5/c1-4-7-10-13-16-18-20-22-24-26-28-30-32-34-36-38-41-44-50(52)55-48-49(47-54-46-43-40-15-12-9-6-3)56-51(53)45-42-39-37-35-33-31-29-27-25-23-21-19-17-14-11-8-5-2/h22,24,49H,4-21,23,25-48H2,1-3H3/b24-22-. The highest BCUT2D eigenvalue weighted by Gasteiger charge is 2.17. The number of carbonyl (C=O) groups is 2. The van der Waals surface area contributed by atoms with Crippen molar-refractivity contribution in [1.29, 1.82) is 0 Å². The Bertz CT molecular complexity index is 810. The fourth-order valence-corrected chi connectivity index (χ4v) is 7.51. The fraction of sp³-hybridized carbons (Fsp3) is 0.922. The van der Waals surface area contributed by atoms with Crippen molar-refractivity contribution in [3.8, 4) is 0 Å². The molecule has 56 heavy (non-hydrogen) atoms. The van der Waals surface area contributed by atoms with Gasteiger partial charge in [-0.3, -0.25) is 9.59 Å². The van der Waals surface area contributed by atoms with Crippen molar-refractivity contribution in [1.82, 2.24) is 0 Å². The van der Waals surface area contributed by atoms with Gasteiger partial charge >= 0.3 is 11.9 Å². The number of unbranched alkanes of at least 4 members (excludes halogenated alkanes) is 34. The summed E-state index contributed by atoms with van der Waals surface area (Å²) < 4.78 is 17.3. The van der Waals surface area contributed by atoms with Gasteiger partial charge in [-0.2, -0.15) is 0 Å². The molecule has 1 atom stereocenters. The van der Waals surface area contributed by atoms with Crippen LogP contribution in [-0.2, 0) is 23.8 Å². The third-order valence-electron chi connectivity index (χ3n) is 11.3. The highest BCUT2D eigenvalue weighted by Crippen LogP contribution is 2.16. The summed E-state index contributed by atoms with van der Waals surface area (Å²) in [4.78, 5) is 25.2. The third kappa shape index (κ3) is 45.3. The lowest BCUT2D eigenvalue weighted by molar-refractivity contribution is -0.163. The quantitative estimate of drug-likeness (QED) is 0.0349. The predicted molar refractivity (Wildman–Crippen MR) is 242 cm³/mol. The number of ether oxygens (including phenoxy) is 3. The maximum atomic E-state index is 12.7. The number of esters is 2. The van der Waals surface area contributed by atoms with Crippen molar-refractivity contribution in [2.75, 3.05) is 19.8 Å². The van der Waals surface area contributed by atoms with Crippen LogP contribution in [0.5, 0.6) is 0 Å². The zero-order valence-corrected chi connectivity index (χ0v) is 38.2. The van der Waals surface area contributed by atoms with Gasteiger partial charge in [0.05, 0.1) is 6.61 Å². The topological polar surface area (TPSA) is 61.8 Å². The van der Waals surface area contributed by atoms with Crippen molar-refractivity contribution >= 4 is 11.9 Å². The van der Waals surface area contributed by atoms with Crippen LogP contribution in [-0.4, -0.2) is 37.9 Å². The molecule has 0 aromatic rings. The minimum atomic E-state index is -0.525. The van der Waals surface area contributed by atoms with Crippen LogP contribution in [0.25, 0.3) is 0 Å². The van der Waals surface area contributed by atoms with Gasteiger partial charge < -0.3 is 14.2 Å². The summed E-state index contributed by atoms with van der Waals surface area (Å²) in [7, 11) is 0. The Morgan fingerprint density at radius 1 is 0.375 bits per heavy atom. The molecule has 0 rings (SSSR count). The molecule has 0 bridgehead atoms. The van der Waals surface area contributed by atoms with Crippen LogP contribution in [0.4, 0.5) is 0 Å². The summed E-state index contributed by atoms with van der Waals surface area (Å²) in [5.74, 6) is -0.387. The number of rotatable bonds is 47. The Labute approximate surface area is 350 Å². The van der Waals surface area contributed by atoms with Crippen LogP contribution in [0.15, 0.2) is 12.2 Å². The Hall–Kier alpha value is -1.36. The van der Waals surface area contributed by atoms with Gasteiger partial charge in [-0.25, -0.2) is 0 Å². The van der Waals surface area contributed by atoms with E-state index in [-0.39, 0.29) is 18.5 Å². The monoisotopic (exact) mass is 791 g/mol. The van der Waals surface area contributed by atoms with Crippen LogP contribution >= 0.6 is 0 Å². The van der Waals surface area contributed by atoms with E-state index >= 15 is 0 Å². The van der Waals surface area contributed by atoms with E-state index in [9.17, 15) is 9.59 Å². The summed E-state index contributed by atoms with van der Waals surface area (Å²) in [5.41, 5.74) is 0. The number of hydrogen-bond acceptors (Lipinski definition) is 5. The van der Waals surface area contributed by atoms with E-state index in [0.717, 1.165) is 38.5 Å². The summed E-state index contributed by atoms with van der Waals surface area (Å²) in [6.07, 6.45) is 53.7. The van der Waals surface area contributed by atoms with Gasteiger partial charge in [0, 0.05) is 19.4 Å². The Morgan fingerprint density at radius 3 is 1.09 bits per heavy atom. The molecule has 0 aromatic heterocycles. The van der Waals surface area contributed by atoms with Gasteiger partial charge in [0.1, 0.15) is 6.61 Å². The second kappa shape index (κ2) is 48.0. The predicted octanol–water partition coefficient (Wildman–Crippen LogP) is 16.7. The van der Waals surface area contributed by atoms with Crippen LogP contribution in [0.3, 0.4) is 0 Å². The van der Waals surface area contributed by atoms with Crippen molar-refractivity contribution in [2.45, 2.75) is 284 Å². The smallest absolute Gasteiger partial charge is 0.306 e. The zero-order chi connectivity index (χ0) is 40.7. The highest BCUT2D eigenvalue weighted by atomic mass is 16.6. The molecule has 0 aliphatic rings. The largest absolute Gasteiger partial charge is 0.462 e. The van der Waals surface area contributed by atoms with Gasteiger partial charge in [-0.1, -0.05) is 232 Å². The van der Waals surface area contributed by atoms with Gasteiger partial charge in [0.2, 0.25) is 0 Å². The van der Waals surface area contributed by atoms with E-state index in [4.69, 9.17) is 14.2 Å². The van der Waals surface area contributed by atoms with E-state index in [1.54, 1.807) is 0 Å². The van der Waals surface area contributed by atoms with Crippen molar-refractivity contribution < 1.29 is 23.8 Å². The molecule has 0 amide bonds. The number of hydrogen-bond donors (Lipinski definition) is 0. The molecular weight excluding hydrogens is 693 g/mol. The summed E-state index contributed by atoms with van der Waals surface area (Å²) >= 11 is 0. The average molecular weight is 791 g/mol. The molecule has 5 heteroatoms. The molecule has 0 spiro atoms. The molecule has 0 radical (unpaired) electrons. The molecule has 0 saturated carbocycles. The van der Waals surface area contributed by atoms with Crippen molar-refractivity contribution in [3.05, 3.63) is 12.2 Å². The Morgan fingerprint density at radius 2 is 0.696 bits per heavy atom. The van der Waals surface area contributed by atoms with Crippen LogP contribution in [0, 0.1) is 0 Å². The van der Waals surface area contributed by atoms with Gasteiger partial charge in [-0.05, 0) is 44.9 Å². The zero-order valence-electron chi connectivity index (χ0n) is 38.2. The lowest BCUT2D eigenvalue weighted by atomic mass is 10.0. The van der Waals surface area contributed by atoms with E-state index < -0.39 is 6.10 Å². The van der Waals surface area contributed by atoms with Crippen LogP contribution in [0.2, 0.25) is 0 Å². The lowest BCUT2D eigenvalue weighted by Gasteiger charge is -2.18. The van der Waals surface area contributed by atoms with E-state index in [1.165, 1.54) is 205 Å². The summed E-state index contributed by atoms with van der Waals surface area (Å²) in [5, 5.41) is 0. The lowest BCUT2D eigenvalue weighted by Crippen LogP contribution is -2.30. The maximum Gasteiger partial charge on any atom is 0.306 e. The number of carbonyl (C=O) groups excluding carboxylic acids is 2. The first-order valence-corrected chi connectivity index (χ1v) is 25.2. The van der Waals surface area contributed by atoms with Crippen LogP contribution < -0.4 is 0 Å². The normalized spacial score (nSPS) is 12.1. The van der Waals surface area contributed by atoms with Crippen LogP contribution in [0.1, 0.15) is 278 Å². The molecule has 332 valence electrons. The minimum absolute atomic E-state index is 0.0908. The first-order valence-electron chi connectivity index (χ1n) is 25.2. The number of allylic oxidation sites excluding steroid dienone is 2. The molecule has 0 aliphatic heterocycles. The maximum absolute atomic E-state index is 12.7. The van der Waals surface area contributed by atoms with Gasteiger partial charge in [0.25, 0.3) is 0 Å². The molecule has 0 aliphatic carbocycles. The molecule has 0 fully saturated rings. The highest BCUT2D eigenvalue weighted by molar-refractivity contribution is 5.70.